The minimum atomic E-state index is 0.500. The molecule has 1 heterocycles. The number of nitrogen functional groups attached to an aromatic ring is 1. The molecular formula is C18H19N5O. The Balaban J connectivity index is 1.83. The number of methoxy groups -OCH3 is 1. The van der Waals surface area contributed by atoms with Gasteiger partial charge in [-0.25, -0.2) is 4.98 Å². The van der Waals surface area contributed by atoms with Crippen molar-refractivity contribution in [3.8, 4) is 5.75 Å². The van der Waals surface area contributed by atoms with E-state index in [1.807, 2.05) is 55.5 Å². The fourth-order valence-corrected chi connectivity index (χ4v) is 2.21. The molecule has 0 fully saturated rings. The summed E-state index contributed by atoms with van der Waals surface area (Å²) < 4.78 is 5.22. The van der Waals surface area contributed by atoms with Crippen molar-refractivity contribution < 1.29 is 4.74 Å². The fraction of sp³-hybridized carbons (Fsp3) is 0.111. The molecule has 6 heteroatoms. The molecule has 0 saturated carbocycles. The first-order valence-corrected chi connectivity index (χ1v) is 7.51. The molecule has 0 bridgehead atoms. The predicted molar refractivity (Wildman–Crippen MR) is 97.2 cm³/mol. The van der Waals surface area contributed by atoms with Crippen molar-refractivity contribution in [2.45, 2.75) is 6.92 Å². The quantitative estimate of drug-likeness (QED) is 0.619. The van der Waals surface area contributed by atoms with Crippen LogP contribution in [0.15, 0.2) is 54.7 Å². The molecule has 6 nitrogen and oxygen atoms in total. The maximum absolute atomic E-state index is 5.81. The summed E-state index contributed by atoms with van der Waals surface area (Å²) in [5.74, 6) is 1.99. The molecule has 0 saturated heterocycles. The van der Waals surface area contributed by atoms with Crippen LogP contribution in [-0.2, 0) is 0 Å². The van der Waals surface area contributed by atoms with E-state index in [4.69, 9.17) is 10.5 Å². The molecule has 0 radical (unpaired) electrons. The standard InChI is InChI=1S/C18H19N5O/c1-12-11-20-18(22-15-7-4-8-16(10-15)24-2)23-17(12)21-14-6-3-5-13(19)9-14/h3-11H,19H2,1-2H3,(H2,20,21,22,23). The maximum Gasteiger partial charge on any atom is 0.229 e. The number of nitrogens with one attached hydrogen (secondary N) is 2. The van der Waals surface area contributed by atoms with Gasteiger partial charge in [-0.05, 0) is 37.3 Å². The number of ether oxygens (including phenoxy) is 1. The number of benzene rings is 2. The van der Waals surface area contributed by atoms with Gasteiger partial charge in [0.15, 0.2) is 0 Å². The molecule has 0 spiro atoms. The van der Waals surface area contributed by atoms with E-state index < -0.39 is 0 Å². The van der Waals surface area contributed by atoms with Gasteiger partial charge in [-0.2, -0.15) is 4.98 Å². The molecule has 1 aromatic heterocycles. The van der Waals surface area contributed by atoms with Gasteiger partial charge in [0.2, 0.25) is 5.95 Å². The van der Waals surface area contributed by atoms with Crippen LogP contribution in [0.5, 0.6) is 5.75 Å². The average Bonchev–Trinajstić information content (AvgIpc) is 2.58. The van der Waals surface area contributed by atoms with Gasteiger partial charge in [-0.1, -0.05) is 12.1 Å². The van der Waals surface area contributed by atoms with Crippen molar-refractivity contribution in [3.63, 3.8) is 0 Å². The summed E-state index contributed by atoms with van der Waals surface area (Å²) in [7, 11) is 1.63. The van der Waals surface area contributed by atoms with Gasteiger partial charge in [-0.3, -0.25) is 0 Å². The van der Waals surface area contributed by atoms with E-state index in [1.165, 1.54) is 0 Å². The van der Waals surface area contributed by atoms with Crippen LogP contribution in [0.1, 0.15) is 5.56 Å². The summed E-state index contributed by atoms with van der Waals surface area (Å²) >= 11 is 0. The van der Waals surface area contributed by atoms with Gasteiger partial charge in [0.05, 0.1) is 7.11 Å². The number of rotatable bonds is 5. The lowest BCUT2D eigenvalue weighted by Crippen LogP contribution is -2.03. The molecule has 4 N–H and O–H groups in total. The number of nitrogens with zero attached hydrogens (tertiary/aromatic N) is 2. The Hall–Kier alpha value is -3.28. The molecule has 3 rings (SSSR count). The first kappa shape index (κ1) is 15.6. The van der Waals surface area contributed by atoms with Crippen LogP contribution < -0.4 is 21.1 Å². The number of aryl methyl sites for hydroxylation is 1. The lowest BCUT2D eigenvalue weighted by atomic mass is 10.2. The van der Waals surface area contributed by atoms with Crippen LogP contribution in [0.3, 0.4) is 0 Å². The number of aromatic nitrogens is 2. The van der Waals surface area contributed by atoms with Gasteiger partial charge in [0.25, 0.3) is 0 Å². The molecule has 0 aliphatic carbocycles. The van der Waals surface area contributed by atoms with E-state index in [0.717, 1.165) is 28.5 Å². The van der Waals surface area contributed by atoms with Gasteiger partial charge in [-0.15, -0.1) is 0 Å². The van der Waals surface area contributed by atoms with E-state index in [1.54, 1.807) is 13.3 Å². The first-order chi connectivity index (χ1) is 11.6. The largest absolute Gasteiger partial charge is 0.497 e. The minimum Gasteiger partial charge on any atom is -0.497 e. The van der Waals surface area contributed by atoms with Gasteiger partial charge in [0.1, 0.15) is 11.6 Å². The number of nitrogens with two attached hydrogens (primary N) is 1. The highest BCUT2D eigenvalue weighted by molar-refractivity contribution is 5.65. The Morgan fingerprint density at radius 2 is 1.75 bits per heavy atom. The van der Waals surface area contributed by atoms with E-state index in [0.29, 0.717) is 11.6 Å². The number of anilines is 5. The molecule has 0 aliphatic heterocycles. The van der Waals surface area contributed by atoms with Crippen LogP contribution in [0, 0.1) is 6.92 Å². The second kappa shape index (κ2) is 6.87. The second-order valence-corrected chi connectivity index (χ2v) is 5.33. The smallest absolute Gasteiger partial charge is 0.229 e. The third kappa shape index (κ3) is 3.73. The molecule has 24 heavy (non-hydrogen) atoms. The Labute approximate surface area is 140 Å². The SMILES string of the molecule is COc1cccc(Nc2ncc(C)c(Nc3cccc(N)c3)n2)c1. The molecule has 2 aromatic carbocycles. The Morgan fingerprint density at radius 3 is 2.50 bits per heavy atom. The van der Waals surface area contributed by atoms with E-state index in [2.05, 4.69) is 20.6 Å². The summed E-state index contributed by atoms with van der Waals surface area (Å²) in [5, 5.41) is 6.44. The summed E-state index contributed by atoms with van der Waals surface area (Å²) in [4.78, 5) is 8.85. The van der Waals surface area contributed by atoms with Gasteiger partial charge in [0, 0.05) is 34.9 Å². The third-order valence-corrected chi connectivity index (χ3v) is 3.45. The van der Waals surface area contributed by atoms with E-state index in [-0.39, 0.29) is 0 Å². The summed E-state index contributed by atoms with van der Waals surface area (Å²) in [6.07, 6.45) is 1.77. The fourth-order valence-electron chi connectivity index (χ4n) is 2.21. The number of hydrogen-bond acceptors (Lipinski definition) is 6. The molecule has 3 aromatic rings. The van der Waals surface area contributed by atoms with E-state index in [9.17, 15) is 0 Å². The van der Waals surface area contributed by atoms with Crippen molar-refractivity contribution in [2.24, 2.45) is 0 Å². The van der Waals surface area contributed by atoms with Crippen molar-refractivity contribution in [2.75, 3.05) is 23.5 Å². The zero-order chi connectivity index (χ0) is 16.9. The highest BCUT2D eigenvalue weighted by atomic mass is 16.5. The van der Waals surface area contributed by atoms with Crippen LogP contribution in [0.2, 0.25) is 0 Å². The number of hydrogen-bond donors (Lipinski definition) is 3. The molecule has 0 aliphatic rings. The van der Waals surface area contributed by atoms with Gasteiger partial charge < -0.3 is 21.1 Å². The van der Waals surface area contributed by atoms with Crippen molar-refractivity contribution in [1.29, 1.82) is 0 Å². The average molecular weight is 321 g/mol. The van der Waals surface area contributed by atoms with E-state index >= 15 is 0 Å². The topological polar surface area (TPSA) is 85.1 Å². The van der Waals surface area contributed by atoms with Crippen LogP contribution >= 0.6 is 0 Å². The Bertz CT molecular complexity index is 850. The molecule has 0 amide bonds. The van der Waals surface area contributed by atoms with Gasteiger partial charge >= 0.3 is 0 Å². The Morgan fingerprint density at radius 1 is 1.00 bits per heavy atom. The zero-order valence-electron chi connectivity index (χ0n) is 13.6. The summed E-state index contributed by atoms with van der Waals surface area (Å²) in [5.41, 5.74) is 9.18. The maximum atomic E-state index is 5.81. The third-order valence-electron chi connectivity index (χ3n) is 3.45. The minimum absolute atomic E-state index is 0.500. The summed E-state index contributed by atoms with van der Waals surface area (Å²) in [6, 6.07) is 15.1. The lowest BCUT2D eigenvalue weighted by Gasteiger charge is -2.11. The normalized spacial score (nSPS) is 10.2. The highest BCUT2D eigenvalue weighted by Gasteiger charge is 2.06. The molecule has 122 valence electrons. The first-order valence-electron chi connectivity index (χ1n) is 7.51. The van der Waals surface area contributed by atoms with Crippen molar-refractivity contribution in [1.82, 2.24) is 9.97 Å². The van der Waals surface area contributed by atoms with Crippen LogP contribution in [0.25, 0.3) is 0 Å². The predicted octanol–water partition coefficient (Wildman–Crippen LogP) is 3.86. The monoisotopic (exact) mass is 321 g/mol. The van der Waals surface area contributed by atoms with Crippen LogP contribution in [-0.4, -0.2) is 17.1 Å². The van der Waals surface area contributed by atoms with Crippen molar-refractivity contribution >= 4 is 28.8 Å². The lowest BCUT2D eigenvalue weighted by molar-refractivity contribution is 0.415. The molecule has 0 atom stereocenters. The molecular weight excluding hydrogens is 302 g/mol. The zero-order valence-corrected chi connectivity index (χ0v) is 13.6. The van der Waals surface area contributed by atoms with Crippen molar-refractivity contribution in [3.05, 3.63) is 60.3 Å². The summed E-state index contributed by atoms with van der Waals surface area (Å²) in [6.45, 7) is 1.95. The molecule has 0 unspecified atom stereocenters. The highest BCUT2D eigenvalue weighted by Crippen LogP contribution is 2.23. The second-order valence-electron chi connectivity index (χ2n) is 5.33. The van der Waals surface area contributed by atoms with Crippen LogP contribution in [0.4, 0.5) is 28.8 Å². The Kier molecular flexibility index (Phi) is 4.47.